The Bertz CT molecular complexity index is 531. The van der Waals surface area contributed by atoms with Crippen molar-refractivity contribution in [2.75, 3.05) is 39.1 Å². The molecule has 1 aromatic carbocycles. The molecule has 0 aromatic heterocycles. The number of nitrogens with zero attached hydrogens (tertiary/aromatic N) is 1. The van der Waals surface area contributed by atoms with Crippen LogP contribution >= 0.6 is 12.4 Å². The molecule has 0 spiro atoms. The minimum atomic E-state index is -0.107. The molecule has 6 nitrogen and oxygen atoms in total. The predicted octanol–water partition coefficient (Wildman–Crippen LogP) is 1.51. The number of hydrogen-bond acceptors (Lipinski definition) is 4. The van der Waals surface area contributed by atoms with E-state index in [2.05, 4.69) is 10.6 Å². The lowest BCUT2D eigenvalue weighted by molar-refractivity contribution is -0.130. The van der Waals surface area contributed by atoms with Crippen molar-refractivity contribution >= 4 is 29.9 Å². The molecule has 1 aromatic rings. The van der Waals surface area contributed by atoms with Gasteiger partial charge in [-0.2, -0.15) is 0 Å². The van der Waals surface area contributed by atoms with E-state index < -0.39 is 0 Å². The molecule has 1 heterocycles. The fraction of sp³-hybridized carbons (Fsp3) is 0.500. The summed E-state index contributed by atoms with van der Waals surface area (Å²) in [7, 11) is 3.36. The Hall–Kier alpha value is -1.79. The first-order valence-corrected chi connectivity index (χ1v) is 7.51. The molecule has 23 heavy (non-hydrogen) atoms. The molecule has 1 fully saturated rings. The van der Waals surface area contributed by atoms with E-state index in [1.54, 1.807) is 32.3 Å². The Morgan fingerprint density at radius 1 is 1.30 bits per heavy atom. The highest BCUT2D eigenvalue weighted by molar-refractivity contribution is 5.92. The number of carbonyl (C=O) groups excluding carboxylic acids is 2. The third-order valence-electron chi connectivity index (χ3n) is 3.67. The lowest BCUT2D eigenvalue weighted by Gasteiger charge is -2.21. The van der Waals surface area contributed by atoms with Crippen LogP contribution in [0.3, 0.4) is 0 Å². The summed E-state index contributed by atoms with van der Waals surface area (Å²) in [5.74, 6) is 0.562. The molecule has 1 saturated heterocycles. The number of rotatable bonds is 5. The highest BCUT2D eigenvalue weighted by atomic mass is 35.5. The second kappa shape index (κ2) is 9.37. The fourth-order valence-electron chi connectivity index (χ4n) is 2.27. The van der Waals surface area contributed by atoms with Gasteiger partial charge in [-0.1, -0.05) is 6.07 Å². The maximum atomic E-state index is 12.2. The highest BCUT2D eigenvalue weighted by Crippen LogP contribution is 2.20. The quantitative estimate of drug-likeness (QED) is 0.851. The van der Waals surface area contributed by atoms with E-state index in [0.29, 0.717) is 11.4 Å². The Balaban J connectivity index is 0.00000264. The molecule has 1 aliphatic heterocycles. The summed E-state index contributed by atoms with van der Waals surface area (Å²) < 4.78 is 5.44. The van der Waals surface area contributed by atoms with E-state index in [1.165, 1.54) is 4.90 Å². The molecule has 0 radical (unpaired) electrons. The normalized spacial score (nSPS) is 14.5. The summed E-state index contributed by atoms with van der Waals surface area (Å²) in [6, 6.07) is 7.12. The molecule has 7 heteroatoms. The van der Waals surface area contributed by atoms with Crippen LogP contribution in [0.15, 0.2) is 24.3 Å². The van der Waals surface area contributed by atoms with Crippen molar-refractivity contribution in [1.29, 1.82) is 0 Å². The molecule has 0 unspecified atom stereocenters. The van der Waals surface area contributed by atoms with Crippen LogP contribution in [0.2, 0.25) is 0 Å². The van der Waals surface area contributed by atoms with Crippen molar-refractivity contribution in [3.63, 3.8) is 0 Å². The van der Waals surface area contributed by atoms with Crippen LogP contribution in [-0.4, -0.2) is 50.5 Å². The molecule has 0 atom stereocenters. The van der Waals surface area contributed by atoms with Gasteiger partial charge < -0.3 is 20.3 Å². The number of nitrogens with one attached hydrogen (secondary N) is 2. The molecule has 1 aliphatic rings. The number of ether oxygens (including phenoxy) is 1. The zero-order valence-electron chi connectivity index (χ0n) is 13.5. The van der Waals surface area contributed by atoms with Crippen LogP contribution in [0.1, 0.15) is 12.8 Å². The second-order valence-electron chi connectivity index (χ2n) is 5.62. The van der Waals surface area contributed by atoms with E-state index in [9.17, 15) is 9.59 Å². The summed E-state index contributed by atoms with van der Waals surface area (Å²) in [5.41, 5.74) is 0.693. The first kappa shape index (κ1) is 19.3. The van der Waals surface area contributed by atoms with Gasteiger partial charge in [-0.05, 0) is 38.1 Å². The number of halogens is 1. The molecule has 0 saturated carbocycles. The van der Waals surface area contributed by atoms with Crippen LogP contribution in [-0.2, 0) is 9.59 Å². The van der Waals surface area contributed by atoms with Crippen molar-refractivity contribution in [3.05, 3.63) is 24.3 Å². The van der Waals surface area contributed by atoms with Gasteiger partial charge in [0.2, 0.25) is 5.91 Å². The minimum absolute atomic E-state index is 0. The van der Waals surface area contributed by atoms with Gasteiger partial charge in [-0.25, -0.2) is 0 Å². The van der Waals surface area contributed by atoms with Gasteiger partial charge in [-0.3, -0.25) is 9.59 Å². The average Bonchev–Trinajstić information content (AvgIpc) is 2.53. The SMILES string of the molecule is CN(C)C(=O)COc1cccc(NC(=O)C2CCNCC2)c1.Cl. The van der Waals surface area contributed by atoms with Gasteiger partial charge in [-0.15, -0.1) is 12.4 Å². The second-order valence-corrected chi connectivity index (χ2v) is 5.62. The van der Waals surface area contributed by atoms with Crippen molar-refractivity contribution in [3.8, 4) is 5.75 Å². The zero-order chi connectivity index (χ0) is 15.9. The van der Waals surface area contributed by atoms with Crippen LogP contribution < -0.4 is 15.4 Å². The van der Waals surface area contributed by atoms with Gasteiger partial charge >= 0.3 is 0 Å². The van der Waals surface area contributed by atoms with Gasteiger partial charge in [0, 0.05) is 31.8 Å². The van der Waals surface area contributed by atoms with E-state index in [1.807, 2.05) is 6.07 Å². The first-order valence-electron chi connectivity index (χ1n) is 7.51. The standard InChI is InChI=1S/C16H23N3O3.ClH/c1-19(2)15(20)11-22-14-5-3-4-13(10-14)18-16(21)12-6-8-17-9-7-12;/h3-5,10,12,17H,6-9,11H2,1-2H3,(H,18,21);1H. The number of anilines is 1. The third kappa shape index (κ3) is 6.08. The van der Waals surface area contributed by atoms with Crippen LogP contribution in [0.25, 0.3) is 0 Å². The summed E-state index contributed by atoms with van der Waals surface area (Å²) in [6.07, 6.45) is 1.72. The lowest BCUT2D eigenvalue weighted by Crippen LogP contribution is -2.34. The maximum absolute atomic E-state index is 12.2. The monoisotopic (exact) mass is 341 g/mol. The number of benzene rings is 1. The molecule has 128 valence electrons. The van der Waals surface area contributed by atoms with Crippen LogP contribution in [0, 0.1) is 5.92 Å². The lowest BCUT2D eigenvalue weighted by atomic mass is 9.97. The molecule has 2 N–H and O–H groups in total. The van der Waals surface area contributed by atoms with Crippen molar-refractivity contribution in [2.45, 2.75) is 12.8 Å². The number of piperidine rings is 1. The number of likely N-dealkylation sites (N-methyl/N-ethyl adjacent to an activating group) is 1. The fourth-order valence-corrected chi connectivity index (χ4v) is 2.27. The molecule has 2 amide bonds. The van der Waals surface area contributed by atoms with Gasteiger partial charge in [0.15, 0.2) is 6.61 Å². The molecule has 0 bridgehead atoms. The maximum Gasteiger partial charge on any atom is 0.259 e. The summed E-state index contributed by atoms with van der Waals surface area (Å²) >= 11 is 0. The predicted molar refractivity (Wildman–Crippen MR) is 92.1 cm³/mol. The van der Waals surface area contributed by atoms with Crippen LogP contribution in [0.4, 0.5) is 5.69 Å². The Morgan fingerprint density at radius 2 is 2.00 bits per heavy atom. The smallest absolute Gasteiger partial charge is 0.259 e. The van der Waals surface area contributed by atoms with E-state index in [0.717, 1.165) is 25.9 Å². The van der Waals surface area contributed by atoms with E-state index in [-0.39, 0.29) is 36.7 Å². The van der Waals surface area contributed by atoms with Gasteiger partial charge in [0.1, 0.15) is 5.75 Å². The van der Waals surface area contributed by atoms with Gasteiger partial charge in [0.25, 0.3) is 5.91 Å². The largest absolute Gasteiger partial charge is 0.484 e. The Morgan fingerprint density at radius 3 is 2.65 bits per heavy atom. The van der Waals surface area contributed by atoms with Gasteiger partial charge in [0.05, 0.1) is 0 Å². The van der Waals surface area contributed by atoms with Crippen LogP contribution in [0.5, 0.6) is 5.75 Å². The third-order valence-corrected chi connectivity index (χ3v) is 3.67. The first-order chi connectivity index (χ1) is 10.6. The minimum Gasteiger partial charge on any atom is -0.484 e. The highest BCUT2D eigenvalue weighted by Gasteiger charge is 2.20. The zero-order valence-corrected chi connectivity index (χ0v) is 14.3. The number of carbonyl (C=O) groups is 2. The number of amides is 2. The summed E-state index contributed by atoms with van der Waals surface area (Å²) in [6.45, 7) is 1.75. The average molecular weight is 342 g/mol. The number of hydrogen-bond donors (Lipinski definition) is 2. The molecular weight excluding hydrogens is 318 g/mol. The molecule has 0 aliphatic carbocycles. The van der Waals surface area contributed by atoms with E-state index in [4.69, 9.17) is 4.74 Å². The Labute approximate surface area is 143 Å². The van der Waals surface area contributed by atoms with Crippen molar-refractivity contribution < 1.29 is 14.3 Å². The van der Waals surface area contributed by atoms with Crippen molar-refractivity contribution in [2.24, 2.45) is 5.92 Å². The summed E-state index contributed by atoms with van der Waals surface area (Å²) in [4.78, 5) is 25.2. The molecule has 2 rings (SSSR count). The summed E-state index contributed by atoms with van der Waals surface area (Å²) in [5, 5.41) is 6.16. The Kier molecular flexibility index (Phi) is 7.85. The topological polar surface area (TPSA) is 70.7 Å². The van der Waals surface area contributed by atoms with Crippen molar-refractivity contribution in [1.82, 2.24) is 10.2 Å². The molecular formula is C16H24ClN3O3. The van der Waals surface area contributed by atoms with E-state index >= 15 is 0 Å².